The number of rotatable bonds is 0. The monoisotopic (exact) mass is 244 g/mol. The van der Waals surface area contributed by atoms with Gasteiger partial charge in [0.2, 0.25) is 0 Å². The lowest BCUT2D eigenvalue weighted by molar-refractivity contribution is 1.10. The Labute approximate surface area is 83.3 Å². The molecule has 2 rings (SSSR count). The summed E-state index contributed by atoms with van der Waals surface area (Å²) in [5, 5.41) is 0.704. The molecular weight excluding hydrogens is 239 g/mol. The van der Waals surface area contributed by atoms with E-state index in [0.717, 1.165) is 15.8 Å². The first-order valence-electron chi connectivity index (χ1n) is 3.47. The number of aromatic nitrogens is 2. The van der Waals surface area contributed by atoms with Crippen LogP contribution < -0.4 is 0 Å². The van der Waals surface area contributed by atoms with Crippen LogP contribution in [0.15, 0.2) is 22.9 Å². The van der Waals surface area contributed by atoms with Crippen LogP contribution in [0.1, 0.15) is 5.69 Å². The van der Waals surface area contributed by atoms with E-state index < -0.39 is 0 Å². The normalized spacial score (nSPS) is 10.9. The molecule has 0 aromatic carbocycles. The van der Waals surface area contributed by atoms with Crippen LogP contribution in [0.5, 0.6) is 0 Å². The minimum absolute atomic E-state index is 0.704. The predicted octanol–water partition coefficient (Wildman–Crippen LogP) is 3.06. The topological polar surface area (TPSA) is 17.3 Å². The van der Waals surface area contributed by atoms with Gasteiger partial charge in [-0.2, -0.15) is 0 Å². The van der Waals surface area contributed by atoms with Gasteiger partial charge < -0.3 is 4.40 Å². The summed E-state index contributed by atoms with van der Waals surface area (Å²) < 4.78 is 2.87. The lowest BCUT2D eigenvalue weighted by atomic mass is 10.4. The van der Waals surface area contributed by atoms with Gasteiger partial charge in [-0.1, -0.05) is 11.6 Å². The molecule has 0 radical (unpaired) electrons. The molecule has 4 heteroatoms. The minimum Gasteiger partial charge on any atom is -0.302 e. The molecule has 0 amide bonds. The van der Waals surface area contributed by atoms with Crippen LogP contribution in [0.25, 0.3) is 5.65 Å². The first kappa shape index (κ1) is 8.08. The summed E-state index contributed by atoms with van der Waals surface area (Å²) in [7, 11) is 0. The van der Waals surface area contributed by atoms with Crippen molar-refractivity contribution in [3.8, 4) is 0 Å². The zero-order chi connectivity index (χ0) is 8.72. The Kier molecular flexibility index (Phi) is 1.85. The average Bonchev–Trinajstić information content (AvgIpc) is 2.33. The largest absolute Gasteiger partial charge is 0.302 e. The number of hydrogen-bond acceptors (Lipinski definition) is 1. The van der Waals surface area contributed by atoms with Crippen LogP contribution in [-0.4, -0.2) is 9.38 Å². The van der Waals surface area contributed by atoms with E-state index in [1.165, 1.54) is 0 Å². The average molecular weight is 246 g/mol. The fraction of sp³-hybridized carbons (Fsp3) is 0.125. The quantitative estimate of drug-likeness (QED) is 0.697. The van der Waals surface area contributed by atoms with Crippen LogP contribution in [0.4, 0.5) is 0 Å². The summed E-state index contributed by atoms with van der Waals surface area (Å²) in [4.78, 5) is 4.22. The molecule has 0 atom stereocenters. The minimum atomic E-state index is 0.704. The Balaban J connectivity index is 2.92. The highest BCUT2D eigenvalue weighted by atomic mass is 79.9. The number of pyridine rings is 1. The molecule has 62 valence electrons. The molecule has 0 aliphatic carbocycles. The number of aryl methyl sites for hydroxylation is 1. The van der Waals surface area contributed by atoms with E-state index in [-0.39, 0.29) is 0 Å². The van der Waals surface area contributed by atoms with E-state index in [4.69, 9.17) is 11.6 Å². The second-order valence-electron chi connectivity index (χ2n) is 2.60. The Morgan fingerprint density at radius 1 is 1.58 bits per heavy atom. The van der Waals surface area contributed by atoms with E-state index in [1.807, 2.05) is 29.8 Å². The summed E-state index contributed by atoms with van der Waals surface area (Å²) in [6.07, 6.45) is 3.67. The molecule has 0 bridgehead atoms. The number of nitrogens with zero attached hydrogens (tertiary/aromatic N) is 2. The molecule has 2 heterocycles. The molecule has 2 aromatic rings. The molecule has 0 aliphatic rings. The Morgan fingerprint density at radius 3 is 3.08 bits per heavy atom. The van der Waals surface area contributed by atoms with E-state index in [2.05, 4.69) is 20.9 Å². The van der Waals surface area contributed by atoms with Crippen molar-refractivity contribution in [2.45, 2.75) is 6.92 Å². The maximum atomic E-state index is 5.87. The maximum Gasteiger partial charge on any atom is 0.151 e. The third kappa shape index (κ3) is 1.13. The number of halogens is 2. The first-order valence-corrected chi connectivity index (χ1v) is 4.64. The van der Waals surface area contributed by atoms with E-state index in [9.17, 15) is 0 Å². The summed E-state index contributed by atoms with van der Waals surface area (Å²) in [5.74, 6) is 0. The van der Waals surface area contributed by atoms with Gasteiger partial charge in [0.25, 0.3) is 0 Å². The van der Waals surface area contributed by atoms with Gasteiger partial charge >= 0.3 is 0 Å². The summed E-state index contributed by atoms with van der Waals surface area (Å²) in [5.41, 5.74) is 1.98. The smallest absolute Gasteiger partial charge is 0.151 e. The van der Waals surface area contributed by atoms with Crippen molar-refractivity contribution >= 4 is 33.2 Å². The number of imidazole rings is 1. The van der Waals surface area contributed by atoms with Crippen molar-refractivity contribution in [3.63, 3.8) is 0 Å². The highest BCUT2D eigenvalue weighted by Crippen LogP contribution is 2.22. The number of fused-ring (bicyclic) bond motifs is 1. The van der Waals surface area contributed by atoms with Crippen molar-refractivity contribution in [1.29, 1.82) is 0 Å². The zero-order valence-electron chi connectivity index (χ0n) is 6.38. The van der Waals surface area contributed by atoms with Gasteiger partial charge in [-0.05, 0) is 28.9 Å². The SMILES string of the molecule is Cc1cnc2c(Br)cc(Cl)cn12. The standard InChI is InChI=1S/C8H6BrClN2/c1-5-3-11-8-7(9)2-6(10)4-12(5)8/h2-4H,1H3. The van der Waals surface area contributed by atoms with Crippen molar-refractivity contribution < 1.29 is 0 Å². The summed E-state index contributed by atoms with van der Waals surface area (Å²) in [6.45, 7) is 1.99. The Morgan fingerprint density at radius 2 is 2.33 bits per heavy atom. The second kappa shape index (κ2) is 2.75. The summed E-state index contributed by atoms with van der Waals surface area (Å²) in [6, 6.07) is 1.84. The molecule has 12 heavy (non-hydrogen) atoms. The maximum absolute atomic E-state index is 5.87. The predicted molar refractivity (Wildman–Crippen MR) is 52.6 cm³/mol. The van der Waals surface area contributed by atoms with Gasteiger partial charge in [-0.25, -0.2) is 4.98 Å². The van der Waals surface area contributed by atoms with Crippen LogP contribution in [0, 0.1) is 6.92 Å². The lowest BCUT2D eigenvalue weighted by Gasteiger charge is -1.98. The fourth-order valence-electron chi connectivity index (χ4n) is 1.13. The van der Waals surface area contributed by atoms with Gasteiger partial charge in [0.05, 0.1) is 9.50 Å². The van der Waals surface area contributed by atoms with Gasteiger partial charge in [0.1, 0.15) is 0 Å². The van der Waals surface area contributed by atoms with E-state index >= 15 is 0 Å². The Bertz CT molecular complexity index is 436. The molecular formula is C8H6BrClN2. The van der Waals surface area contributed by atoms with Gasteiger partial charge in [-0.15, -0.1) is 0 Å². The van der Waals surface area contributed by atoms with Crippen molar-refractivity contribution in [3.05, 3.63) is 33.6 Å². The highest BCUT2D eigenvalue weighted by Gasteiger charge is 2.03. The molecule has 2 nitrogen and oxygen atoms in total. The molecule has 0 spiro atoms. The fourth-order valence-corrected chi connectivity index (χ4v) is 2.01. The van der Waals surface area contributed by atoms with Crippen molar-refractivity contribution in [2.24, 2.45) is 0 Å². The second-order valence-corrected chi connectivity index (χ2v) is 3.89. The molecule has 0 aliphatic heterocycles. The van der Waals surface area contributed by atoms with Crippen molar-refractivity contribution in [1.82, 2.24) is 9.38 Å². The Hall–Kier alpha value is -0.540. The van der Waals surface area contributed by atoms with E-state index in [1.54, 1.807) is 0 Å². The number of hydrogen-bond donors (Lipinski definition) is 0. The van der Waals surface area contributed by atoms with Gasteiger partial charge in [0, 0.05) is 18.1 Å². The third-order valence-electron chi connectivity index (χ3n) is 1.71. The van der Waals surface area contributed by atoms with Crippen LogP contribution in [0.2, 0.25) is 5.02 Å². The van der Waals surface area contributed by atoms with Crippen LogP contribution in [-0.2, 0) is 0 Å². The zero-order valence-corrected chi connectivity index (χ0v) is 8.72. The highest BCUT2D eigenvalue weighted by molar-refractivity contribution is 9.10. The van der Waals surface area contributed by atoms with Gasteiger partial charge in [0.15, 0.2) is 5.65 Å². The molecule has 0 fully saturated rings. The summed E-state index contributed by atoms with van der Waals surface area (Å²) >= 11 is 9.27. The van der Waals surface area contributed by atoms with Crippen molar-refractivity contribution in [2.75, 3.05) is 0 Å². The van der Waals surface area contributed by atoms with Crippen LogP contribution >= 0.6 is 27.5 Å². The van der Waals surface area contributed by atoms with E-state index in [0.29, 0.717) is 5.02 Å². The molecule has 0 unspecified atom stereocenters. The molecule has 0 saturated carbocycles. The molecule has 0 saturated heterocycles. The molecule has 2 aromatic heterocycles. The van der Waals surface area contributed by atoms with Crippen LogP contribution in [0.3, 0.4) is 0 Å². The first-order chi connectivity index (χ1) is 5.68. The lowest BCUT2D eigenvalue weighted by Crippen LogP contribution is -1.87. The van der Waals surface area contributed by atoms with Gasteiger partial charge in [-0.3, -0.25) is 0 Å². The third-order valence-corrected chi connectivity index (χ3v) is 2.50. The molecule has 0 N–H and O–H groups in total.